The zero-order valence-corrected chi connectivity index (χ0v) is 19.2. The van der Waals surface area contributed by atoms with Gasteiger partial charge in [-0.2, -0.15) is 0 Å². The molecule has 0 aliphatic rings. The third kappa shape index (κ3) is 6.10. The van der Waals surface area contributed by atoms with Gasteiger partial charge in [-0.05, 0) is 64.0 Å². The number of carbonyl (C=O) groups is 1. The molecule has 0 saturated carbocycles. The maximum atomic E-state index is 11.7. The van der Waals surface area contributed by atoms with Crippen LogP contribution in [0.15, 0.2) is 57.0 Å². The molecule has 0 radical (unpaired) electrons. The molecule has 9 heteroatoms. The molecule has 0 unspecified atom stereocenters. The smallest absolute Gasteiger partial charge is 0.342 e. The minimum atomic E-state index is -1.04. The second kappa shape index (κ2) is 10.7. The van der Waals surface area contributed by atoms with E-state index in [1.165, 1.54) is 0 Å². The molecule has 0 atom stereocenters. The van der Waals surface area contributed by atoms with E-state index < -0.39 is 5.97 Å². The molecule has 0 bridgehead atoms. The average molecular weight is 509 g/mol. The Balaban J connectivity index is 1.73. The fraction of sp³-hybridized carbons (Fsp3) is 0.190. The number of aryl methyl sites for hydroxylation is 1. The van der Waals surface area contributed by atoms with E-state index in [2.05, 4.69) is 31.1 Å². The second-order valence-electron chi connectivity index (χ2n) is 6.30. The number of nitrogens with one attached hydrogen (secondary N) is 1. The zero-order chi connectivity index (χ0) is 21.5. The predicted octanol–water partition coefficient (Wildman–Crippen LogP) is 5.97. The number of aromatic nitrogens is 3. The maximum Gasteiger partial charge on any atom is 0.342 e. The van der Waals surface area contributed by atoms with Crippen molar-refractivity contribution < 1.29 is 14.6 Å². The van der Waals surface area contributed by atoms with E-state index >= 15 is 0 Å². The van der Waals surface area contributed by atoms with Crippen LogP contribution in [0.4, 0.5) is 0 Å². The molecule has 0 aliphatic heterocycles. The largest absolute Gasteiger partial charge is 0.488 e. The number of benzene rings is 2. The molecule has 0 fully saturated rings. The van der Waals surface area contributed by atoms with Crippen molar-refractivity contribution in [3.63, 3.8) is 0 Å². The van der Waals surface area contributed by atoms with E-state index in [0.29, 0.717) is 32.6 Å². The number of carboxylic acids is 1. The minimum absolute atomic E-state index is 0.119. The maximum absolute atomic E-state index is 11.7. The van der Waals surface area contributed by atoms with Crippen LogP contribution < -0.4 is 4.74 Å². The van der Waals surface area contributed by atoms with Crippen molar-refractivity contribution in [1.29, 1.82) is 0 Å². The molecule has 0 saturated heterocycles. The third-order valence-electron chi connectivity index (χ3n) is 4.00. The Labute approximate surface area is 191 Å². The number of rotatable bonds is 9. The van der Waals surface area contributed by atoms with Gasteiger partial charge in [-0.1, -0.05) is 42.8 Å². The summed E-state index contributed by atoms with van der Waals surface area (Å²) >= 11 is 10.6. The van der Waals surface area contributed by atoms with Crippen LogP contribution in [0.1, 0.15) is 30.3 Å². The van der Waals surface area contributed by atoms with Crippen LogP contribution in [0.2, 0.25) is 5.02 Å². The van der Waals surface area contributed by atoms with Crippen molar-refractivity contribution in [2.75, 3.05) is 0 Å². The van der Waals surface area contributed by atoms with Crippen LogP contribution in [0.5, 0.6) is 5.75 Å². The Hall–Kier alpha value is -2.29. The quantitative estimate of drug-likeness (QED) is 0.273. The highest BCUT2D eigenvalue weighted by molar-refractivity contribution is 9.10. The van der Waals surface area contributed by atoms with E-state index in [4.69, 9.17) is 16.3 Å². The molecule has 2 aromatic carbocycles. The molecular weight excluding hydrogens is 490 g/mol. The Morgan fingerprint density at radius 1 is 1.33 bits per heavy atom. The number of aliphatic carboxylic acids is 1. The standard InChI is InChI=1S/C21H19BrClN3O3S/c1-2-5-19-24-21(26-25-19)30-18(20(27)28)11-13-8-9-17(15(22)10-13)29-12-14-6-3-4-7-16(14)23/h3-4,6-11H,2,5,12H2,1H3,(H,27,28)(H,24,25,26)/b18-11-. The highest BCUT2D eigenvalue weighted by Gasteiger charge is 2.14. The summed E-state index contributed by atoms with van der Waals surface area (Å²) in [4.78, 5) is 16.1. The van der Waals surface area contributed by atoms with Gasteiger partial charge in [-0.15, -0.1) is 5.10 Å². The molecular formula is C21H19BrClN3O3S. The van der Waals surface area contributed by atoms with Gasteiger partial charge in [0.2, 0.25) is 5.16 Å². The van der Waals surface area contributed by atoms with E-state index in [0.717, 1.165) is 36.0 Å². The summed E-state index contributed by atoms with van der Waals surface area (Å²) in [6.45, 7) is 2.37. The molecule has 156 valence electrons. The number of halogens is 2. The third-order valence-corrected chi connectivity index (χ3v) is 5.87. The van der Waals surface area contributed by atoms with Crippen molar-refractivity contribution in [2.24, 2.45) is 0 Å². The highest BCUT2D eigenvalue weighted by atomic mass is 79.9. The Kier molecular flexibility index (Phi) is 7.95. The van der Waals surface area contributed by atoms with Gasteiger partial charge in [0.05, 0.1) is 4.47 Å². The van der Waals surface area contributed by atoms with Crippen LogP contribution in [-0.4, -0.2) is 26.3 Å². The summed E-state index contributed by atoms with van der Waals surface area (Å²) in [6.07, 6.45) is 3.27. The van der Waals surface area contributed by atoms with Crippen molar-refractivity contribution in [1.82, 2.24) is 15.2 Å². The first kappa shape index (κ1) is 22.4. The fourth-order valence-electron chi connectivity index (χ4n) is 2.55. The van der Waals surface area contributed by atoms with Crippen LogP contribution in [0.25, 0.3) is 6.08 Å². The molecule has 0 aliphatic carbocycles. The van der Waals surface area contributed by atoms with Gasteiger partial charge >= 0.3 is 5.97 Å². The molecule has 1 aromatic heterocycles. The summed E-state index contributed by atoms with van der Waals surface area (Å²) < 4.78 is 6.54. The molecule has 0 spiro atoms. The lowest BCUT2D eigenvalue weighted by atomic mass is 10.2. The number of H-pyrrole nitrogens is 1. The SMILES string of the molecule is CCCc1nc(S/C(=C\c2ccc(OCc3ccccc3Cl)c(Br)c2)C(=O)O)n[nH]1. The summed E-state index contributed by atoms with van der Waals surface area (Å²) in [5.41, 5.74) is 1.59. The molecule has 0 amide bonds. The number of ether oxygens (including phenoxy) is 1. The number of carboxylic acid groups (broad SMARTS) is 1. The first-order valence-electron chi connectivity index (χ1n) is 9.16. The van der Waals surface area contributed by atoms with Crippen LogP contribution >= 0.6 is 39.3 Å². The summed E-state index contributed by atoms with van der Waals surface area (Å²) in [5.74, 6) is 0.333. The van der Waals surface area contributed by atoms with Gasteiger partial charge in [0.25, 0.3) is 0 Å². The van der Waals surface area contributed by atoms with E-state index in [-0.39, 0.29) is 4.91 Å². The van der Waals surface area contributed by atoms with E-state index in [1.807, 2.05) is 31.2 Å². The number of nitrogens with zero attached hydrogens (tertiary/aromatic N) is 2. The van der Waals surface area contributed by atoms with Crippen molar-refractivity contribution in [2.45, 2.75) is 31.5 Å². The predicted molar refractivity (Wildman–Crippen MR) is 122 cm³/mol. The van der Waals surface area contributed by atoms with Gasteiger partial charge in [0, 0.05) is 17.0 Å². The molecule has 1 heterocycles. The Morgan fingerprint density at radius 3 is 2.83 bits per heavy atom. The second-order valence-corrected chi connectivity index (χ2v) is 8.57. The first-order chi connectivity index (χ1) is 14.5. The summed E-state index contributed by atoms with van der Waals surface area (Å²) in [6, 6.07) is 12.8. The lowest BCUT2D eigenvalue weighted by Gasteiger charge is -2.10. The lowest BCUT2D eigenvalue weighted by Crippen LogP contribution is -1.98. The molecule has 30 heavy (non-hydrogen) atoms. The van der Waals surface area contributed by atoms with Gasteiger partial charge in [0.15, 0.2) is 0 Å². The van der Waals surface area contributed by atoms with Crippen LogP contribution in [0.3, 0.4) is 0 Å². The van der Waals surface area contributed by atoms with Crippen molar-refractivity contribution >= 4 is 51.3 Å². The van der Waals surface area contributed by atoms with E-state index in [9.17, 15) is 9.90 Å². The Bertz CT molecular complexity index is 1070. The fourth-order valence-corrected chi connectivity index (χ4v) is 3.98. The lowest BCUT2D eigenvalue weighted by molar-refractivity contribution is -0.131. The summed E-state index contributed by atoms with van der Waals surface area (Å²) in [5, 5.41) is 17.5. The highest BCUT2D eigenvalue weighted by Crippen LogP contribution is 2.31. The molecule has 2 N–H and O–H groups in total. The monoisotopic (exact) mass is 507 g/mol. The number of hydrogen-bond acceptors (Lipinski definition) is 5. The molecule has 3 aromatic rings. The van der Waals surface area contributed by atoms with Gasteiger partial charge in [-0.3, -0.25) is 5.10 Å². The number of hydrogen-bond donors (Lipinski definition) is 2. The van der Waals surface area contributed by atoms with Crippen molar-refractivity contribution in [3.8, 4) is 5.75 Å². The molecule has 3 rings (SSSR count). The van der Waals surface area contributed by atoms with Gasteiger partial charge < -0.3 is 9.84 Å². The van der Waals surface area contributed by atoms with Crippen LogP contribution in [0, 0.1) is 0 Å². The van der Waals surface area contributed by atoms with E-state index in [1.54, 1.807) is 24.3 Å². The zero-order valence-electron chi connectivity index (χ0n) is 16.1. The first-order valence-corrected chi connectivity index (χ1v) is 11.1. The minimum Gasteiger partial charge on any atom is -0.488 e. The van der Waals surface area contributed by atoms with Gasteiger partial charge in [-0.25, -0.2) is 9.78 Å². The molecule has 6 nitrogen and oxygen atoms in total. The average Bonchev–Trinajstić information content (AvgIpc) is 3.15. The normalized spacial score (nSPS) is 11.5. The van der Waals surface area contributed by atoms with Gasteiger partial charge in [0.1, 0.15) is 23.1 Å². The Morgan fingerprint density at radius 2 is 2.13 bits per heavy atom. The van der Waals surface area contributed by atoms with Crippen molar-refractivity contribution in [3.05, 3.63) is 73.8 Å². The summed E-state index contributed by atoms with van der Waals surface area (Å²) in [7, 11) is 0. The van der Waals surface area contributed by atoms with Crippen LogP contribution in [-0.2, 0) is 17.8 Å². The number of aromatic amines is 1. The number of thioether (sulfide) groups is 1. The topological polar surface area (TPSA) is 88.1 Å².